The minimum Gasteiger partial charge on any atom is -0.396 e. The van der Waals surface area contributed by atoms with Crippen LogP contribution in [-0.4, -0.2) is 33.9 Å². The first-order valence-electron chi connectivity index (χ1n) is 5.76. The van der Waals surface area contributed by atoms with Crippen molar-refractivity contribution in [2.75, 3.05) is 13.2 Å². The summed E-state index contributed by atoms with van der Waals surface area (Å²) in [5.74, 6) is 0. The molecule has 1 aromatic rings. The van der Waals surface area contributed by atoms with Crippen molar-refractivity contribution in [1.82, 2.24) is 14.9 Å². The highest BCUT2D eigenvalue weighted by Crippen LogP contribution is 2.12. The van der Waals surface area contributed by atoms with Gasteiger partial charge in [-0.25, -0.2) is 4.98 Å². The van der Waals surface area contributed by atoms with Gasteiger partial charge in [0.05, 0.1) is 18.1 Å². The lowest BCUT2D eigenvalue weighted by Gasteiger charge is -2.23. The third-order valence-electron chi connectivity index (χ3n) is 2.85. The monoisotopic (exact) mass is 226 g/mol. The molecule has 0 saturated heterocycles. The summed E-state index contributed by atoms with van der Waals surface area (Å²) in [6.45, 7) is 2.83. The van der Waals surface area contributed by atoms with E-state index < -0.39 is 0 Å². The minimum absolute atomic E-state index is 0.101. The second kappa shape index (κ2) is 6.62. The molecule has 1 rings (SSSR count). The van der Waals surface area contributed by atoms with Crippen molar-refractivity contribution in [2.24, 2.45) is 12.8 Å². The van der Waals surface area contributed by atoms with Gasteiger partial charge < -0.3 is 20.7 Å². The molecule has 0 aliphatic carbocycles. The molecule has 5 nitrogen and oxygen atoms in total. The van der Waals surface area contributed by atoms with Gasteiger partial charge in [-0.1, -0.05) is 6.92 Å². The molecule has 0 aliphatic heterocycles. The van der Waals surface area contributed by atoms with Gasteiger partial charge in [0.25, 0.3) is 0 Å². The fourth-order valence-corrected chi connectivity index (χ4v) is 1.82. The normalized spacial score (nSPS) is 15.0. The highest BCUT2D eigenvalue weighted by atomic mass is 16.3. The van der Waals surface area contributed by atoms with E-state index in [-0.39, 0.29) is 12.6 Å². The Morgan fingerprint density at radius 3 is 2.81 bits per heavy atom. The van der Waals surface area contributed by atoms with Crippen LogP contribution in [-0.2, 0) is 7.05 Å². The molecule has 0 aromatic carbocycles. The highest BCUT2D eigenvalue weighted by molar-refractivity contribution is 5.05. The van der Waals surface area contributed by atoms with E-state index >= 15 is 0 Å². The fraction of sp³-hybridized carbons (Fsp3) is 0.727. The molecule has 92 valence electrons. The average Bonchev–Trinajstić information content (AvgIpc) is 2.71. The molecule has 1 heterocycles. The Morgan fingerprint density at radius 1 is 1.62 bits per heavy atom. The van der Waals surface area contributed by atoms with Gasteiger partial charge in [0.1, 0.15) is 0 Å². The minimum atomic E-state index is 0.101. The molecule has 16 heavy (non-hydrogen) atoms. The molecule has 0 amide bonds. The third kappa shape index (κ3) is 3.30. The van der Waals surface area contributed by atoms with E-state index in [1.807, 2.05) is 17.8 Å². The predicted molar refractivity (Wildman–Crippen MR) is 63.9 cm³/mol. The van der Waals surface area contributed by atoms with E-state index in [1.54, 1.807) is 6.33 Å². The van der Waals surface area contributed by atoms with Crippen LogP contribution in [0.3, 0.4) is 0 Å². The van der Waals surface area contributed by atoms with E-state index in [0.717, 1.165) is 18.5 Å². The van der Waals surface area contributed by atoms with Crippen LogP contribution < -0.4 is 11.1 Å². The third-order valence-corrected chi connectivity index (χ3v) is 2.85. The van der Waals surface area contributed by atoms with Gasteiger partial charge in [-0.3, -0.25) is 0 Å². The average molecular weight is 226 g/mol. The standard InChI is InChI=1S/C11H22N4O/c1-3-9(4-5-16)14-10(6-12)11-7-13-8-15(11)2/h7-10,14,16H,3-6,12H2,1-2H3. The maximum Gasteiger partial charge on any atom is 0.0946 e. The number of aliphatic hydroxyl groups excluding tert-OH is 1. The second-order valence-corrected chi connectivity index (χ2v) is 4.00. The van der Waals surface area contributed by atoms with Crippen LogP contribution in [0.2, 0.25) is 0 Å². The Kier molecular flexibility index (Phi) is 5.45. The SMILES string of the molecule is CCC(CCO)NC(CN)c1cncn1C. The van der Waals surface area contributed by atoms with Crippen molar-refractivity contribution in [1.29, 1.82) is 0 Å². The van der Waals surface area contributed by atoms with Crippen molar-refractivity contribution in [3.8, 4) is 0 Å². The second-order valence-electron chi connectivity index (χ2n) is 4.00. The van der Waals surface area contributed by atoms with E-state index in [9.17, 15) is 0 Å². The van der Waals surface area contributed by atoms with Crippen molar-refractivity contribution in [3.05, 3.63) is 18.2 Å². The first kappa shape index (κ1) is 13.2. The summed E-state index contributed by atoms with van der Waals surface area (Å²) in [4.78, 5) is 4.09. The summed E-state index contributed by atoms with van der Waals surface area (Å²) in [5, 5.41) is 12.4. The molecule has 1 aromatic heterocycles. The first-order chi connectivity index (χ1) is 7.72. The van der Waals surface area contributed by atoms with Crippen LogP contribution in [0.1, 0.15) is 31.5 Å². The van der Waals surface area contributed by atoms with Crippen molar-refractivity contribution >= 4 is 0 Å². The summed E-state index contributed by atoms with van der Waals surface area (Å²) < 4.78 is 1.97. The number of aromatic nitrogens is 2. The molecule has 2 unspecified atom stereocenters. The number of nitrogens with one attached hydrogen (secondary N) is 1. The molecule has 0 aliphatic rings. The highest BCUT2D eigenvalue weighted by Gasteiger charge is 2.16. The number of hydrogen-bond acceptors (Lipinski definition) is 4. The number of aliphatic hydroxyl groups is 1. The Morgan fingerprint density at radius 2 is 2.38 bits per heavy atom. The van der Waals surface area contributed by atoms with Gasteiger partial charge in [0.2, 0.25) is 0 Å². The van der Waals surface area contributed by atoms with Crippen LogP contribution in [0.5, 0.6) is 0 Å². The van der Waals surface area contributed by atoms with Crippen LogP contribution in [0.4, 0.5) is 0 Å². The number of nitrogens with zero attached hydrogens (tertiary/aromatic N) is 2. The van der Waals surface area contributed by atoms with Crippen LogP contribution in [0, 0.1) is 0 Å². The lowest BCUT2D eigenvalue weighted by Crippen LogP contribution is -2.37. The van der Waals surface area contributed by atoms with E-state index in [0.29, 0.717) is 12.6 Å². The number of rotatable bonds is 7. The quantitative estimate of drug-likeness (QED) is 0.619. The Balaban J connectivity index is 2.64. The summed E-state index contributed by atoms with van der Waals surface area (Å²) >= 11 is 0. The lowest BCUT2D eigenvalue weighted by atomic mass is 10.1. The molecule has 0 fully saturated rings. The summed E-state index contributed by atoms with van der Waals surface area (Å²) in [5.41, 5.74) is 6.85. The van der Waals surface area contributed by atoms with Gasteiger partial charge in [-0.2, -0.15) is 0 Å². The van der Waals surface area contributed by atoms with E-state index in [1.165, 1.54) is 0 Å². The zero-order valence-corrected chi connectivity index (χ0v) is 10.1. The molecule has 0 radical (unpaired) electrons. The van der Waals surface area contributed by atoms with Gasteiger partial charge in [-0.15, -0.1) is 0 Å². The van der Waals surface area contributed by atoms with Crippen molar-refractivity contribution < 1.29 is 5.11 Å². The molecule has 0 saturated carbocycles. The summed E-state index contributed by atoms with van der Waals surface area (Å²) in [7, 11) is 1.96. The maximum absolute atomic E-state index is 8.95. The molecule has 2 atom stereocenters. The molecule has 0 spiro atoms. The van der Waals surface area contributed by atoms with Gasteiger partial charge >= 0.3 is 0 Å². The Hall–Kier alpha value is -0.910. The van der Waals surface area contributed by atoms with Gasteiger partial charge in [0, 0.05) is 32.4 Å². The molecular weight excluding hydrogens is 204 g/mol. The number of imidazole rings is 1. The van der Waals surface area contributed by atoms with Crippen molar-refractivity contribution in [2.45, 2.75) is 31.8 Å². The van der Waals surface area contributed by atoms with Gasteiger partial charge in [-0.05, 0) is 12.8 Å². The Labute approximate surface area is 96.7 Å². The van der Waals surface area contributed by atoms with Crippen LogP contribution in [0.15, 0.2) is 12.5 Å². The molecule has 0 bridgehead atoms. The topological polar surface area (TPSA) is 76.1 Å². The smallest absolute Gasteiger partial charge is 0.0946 e. The maximum atomic E-state index is 8.95. The number of hydrogen-bond donors (Lipinski definition) is 3. The summed E-state index contributed by atoms with van der Waals surface area (Å²) in [6, 6.07) is 0.400. The van der Waals surface area contributed by atoms with Gasteiger partial charge in [0.15, 0.2) is 0 Å². The summed E-state index contributed by atoms with van der Waals surface area (Å²) in [6.07, 6.45) is 5.34. The molecule has 4 N–H and O–H groups in total. The van der Waals surface area contributed by atoms with Crippen molar-refractivity contribution in [3.63, 3.8) is 0 Å². The predicted octanol–water partition coefficient (Wildman–Crippen LogP) is 0.171. The first-order valence-corrected chi connectivity index (χ1v) is 5.76. The zero-order chi connectivity index (χ0) is 12.0. The number of nitrogens with two attached hydrogens (primary N) is 1. The van der Waals surface area contributed by atoms with Crippen LogP contribution in [0.25, 0.3) is 0 Å². The molecule has 5 heteroatoms. The lowest BCUT2D eigenvalue weighted by molar-refractivity contribution is 0.255. The molecular formula is C11H22N4O. The van der Waals surface area contributed by atoms with E-state index in [4.69, 9.17) is 10.8 Å². The zero-order valence-electron chi connectivity index (χ0n) is 10.1. The number of aryl methyl sites for hydroxylation is 1. The Bertz CT molecular complexity index is 300. The van der Waals surface area contributed by atoms with Crippen LogP contribution >= 0.6 is 0 Å². The fourth-order valence-electron chi connectivity index (χ4n) is 1.82. The largest absolute Gasteiger partial charge is 0.396 e. The van der Waals surface area contributed by atoms with E-state index in [2.05, 4.69) is 17.2 Å².